The first-order valence-corrected chi connectivity index (χ1v) is 6.78. The summed E-state index contributed by atoms with van der Waals surface area (Å²) in [7, 11) is 0. The minimum Gasteiger partial charge on any atom is -0.339 e. The van der Waals surface area contributed by atoms with Crippen LogP contribution < -0.4 is 5.73 Å². The Hall–Kier alpha value is -0.610. The number of rotatable bonds is 5. The van der Waals surface area contributed by atoms with Crippen LogP contribution in [0.3, 0.4) is 0 Å². The molecule has 2 aliphatic rings. The Morgan fingerprint density at radius 1 is 1.29 bits per heavy atom. The fourth-order valence-corrected chi connectivity index (χ4v) is 2.40. The van der Waals surface area contributed by atoms with Crippen LogP contribution in [0, 0.1) is 12.8 Å². The molecule has 1 saturated heterocycles. The number of nitrogens with two attached hydrogens (primary N) is 1. The molecule has 4 heteroatoms. The first-order chi connectivity index (χ1) is 8.22. The van der Waals surface area contributed by atoms with E-state index in [9.17, 15) is 4.79 Å². The number of unbranched alkanes of at least 4 members (excludes halogenated alkanes) is 1. The molecule has 4 nitrogen and oxygen atoms in total. The summed E-state index contributed by atoms with van der Waals surface area (Å²) in [6.45, 7) is 8.63. The minimum absolute atomic E-state index is 0.171. The van der Waals surface area contributed by atoms with Gasteiger partial charge in [0.15, 0.2) is 0 Å². The van der Waals surface area contributed by atoms with Crippen molar-refractivity contribution in [3.8, 4) is 0 Å². The first kappa shape index (κ1) is 12.8. The van der Waals surface area contributed by atoms with Crippen molar-refractivity contribution in [3.05, 3.63) is 6.92 Å². The Morgan fingerprint density at radius 2 is 1.94 bits per heavy atom. The van der Waals surface area contributed by atoms with Crippen LogP contribution >= 0.6 is 0 Å². The summed E-state index contributed by atoms with van der Waals surface area (Å²) >= 11 is 0. The second-order valence-electron chi connectivity index (χ2n) is 5.24. The third-order valence-corrected chi connectivity index (χ3v) is 3.82. The molecule has 0 aromatic carbocycles. The van der Waals surface area contributed by atoms with Gasteiger partial charge in [-0.1, -0.05) is 13.3 Å². The molecule has 1 aliphatic carbocycles. The normalized spacial score (nSPS) is 23.8. The molecule has 0 aromatic heterocycles. The van der Waals surface area contributed by atoms with E-state index in [1.54, 1.807) is 0 Å². The molecule has 1 aliphatic heterocycles. The molecule has 0 unspecified atom stereocenters. The number of hydrogen-bond acceptors (Lipinski definition) is 3. The minimum atomic E-state index is -0.235. The number of piperazine rings is 1. The van der Waals surface area contributed by atoms with Gasteiger partial charge in [-0.25, -0.2) is 0 Å². The Balaban J connectivity index is 1.72. The van der Waals surface area contributed by atoms with Crippen LogP contribution in [0.2, 0.25) is 0 Å². The maximum atomic E-state index is 12.1. The largest absolute Gasteiger partial charge is 0.339 e. The van der Waals surface area contributed by atoms with Crippen LogP contribution in [-0.4, -0.2) is 54.5 Å². The highest BCUT2D eigenvalue weighted by molar-refractivity contribution is 5.82. The zero-order chi connectivity index (χ0) is 12.3. The van der Waals surface area contributed by atoms with E-state index >= 15 is 0 Å². The highest BCUT2D eigenvalue weighted by Gasteiger charge is 2.36. The van der Waals surface area contributed by atoms with Gasteiger partial charge in [-0.05, 0) is 31.7 Å². The van der Waals surface area contributed by atoms with Gasteiger partial charge in [0, 0.05) is 26.2 Å². The fourth-order valence-electron chi connectivity index (χ4n) is 2.40. The van der Waals surface area contributed by atoms with Crippen molar-refractivity contribution in [2.45, 2.75) is 31.7 Å². The summed E-state index contributed by atoms with van der Waals surface area (Å²) < 4.78 is 0. The lowest BCUT2D eigenvalue weighted by atomic mass is 10.1. The molecule has 0 aromatic rings. The molecule has 97 valence electrons. The van der Waals surface area contributed by atoms with Crippen LogP contribution in [-0.2, 0) is 4.79 Å². The Morgan fingerprint density at radius 3 is 2.47 bits per heavy atom. The van der Waals surface area contributed by atoms with Crippen LogP contribution in [0.25, 0.3) is 0 Å². The number of hydrogen-bond donors (Lipinski definition) is 1. The maximum absolute atomic E-state index is 12.1. The summed E-state index contributed by atoms with van der Waals surface area (Å²) in [6.07, 6.45) is 4.41. The van der Waals surface area contributed by atoms with E-state index in [4.69, 9.17) is 5.73 Å². The average Bonchev–Trinajstić information content (AvgIpc) is 3.19. The van der Waals surface area contributed by atoms with Gasteiger partial charge in [0.1, 0.15) is 0 Å². The second kappa shape index (κ2) is 5.83. The highest BCUT2D eigenvalue weighted by atomic mass is 16.2. The standard InChI is InChI=1S/C13H24N3O/c1-2-3-6-15-7-9-16(10-8-15)13(17)12(14)11-4-5-11/h11-12H,1-10,14H2/t12-/m0/s1. The lowest BCUT2D eigenvalue weighted by molar-refractivity contribution is -0.134. The van der Waals surface area contributed by atoms with Crippen molar-refractivity contribution >= 4 is 5.91 Å². The van der Waals surface area contributed by atoms with Crippen molar-refractivity contribution in [1.29, 1.82) is 0 Å². The summed E-state index contributed by atoms with van der Waals surface area (Å²) in [4.78, 5) is 16.4. The molecular formula is C13H24N3O. The van der Waals surface area contributed by atoms with Gasteiger partial charge >= 0.3 is 0 Å². The maximum Gasteiger partial charge on any atom is 0.239 e. The smallest absolute Gasteiger partial charge is 0.239 e. The molecule has 17 heavy (non-hydrogen) atoms. The zero-order valence-electron chi connectivity index (χ0n) is 10.6. The topological polar surface area (TPSA) is 49.6 Å². The fraction of sp³-hybridized carbons (Fsp3) is 0.846. The zero-order valence-corrected chi connectivity index (χ0v) is 10.6. The number of amides is 1. The number of nitrogens with zero attached hydrogens (tertiary/aromatic N) is 2. The highest BCUT2D eigenvalue weighted by Crippen LogP contribution is 2.32. The van der Waals surface area contributed by atoms with E-state index in [0.29, 0.717) is 5.92 Å². The first-order valence-electron chi connectivity index (χ1n) is 6.78. The van der Waals surface area contributed by atoms with Crippen molar-refractivity contribution in [2.24, 2.45) is 11.7 Å². The van der Waals surface area contributed by atoms with E-state index in [-0.39, 0.29) is 11.9 Å². The molecular weight excluding hydrogens is 214 g/mol. The summed E-state index contributed by atoms with van der Waals surface area (Å²) in [5, 5.41) is 0. The third-order valence-electron chi connectivity index (χ3n) is 3.82. The van der Waals surface area contributed by atoms with Crippen molar-refractivity contribution < 1.29 is 4.79 Å². The number of carbonyl (C=O) groups excluding carboxylic acids is 1. The predicted octanol–water partition coefficient (Wildman–Crippen LogP) is 0.482. The van der Waals surface area contributed by atoms with E-state index in [0.717, 1.165) is 58.4 Å². The quantitative estimate of drug-likeness (QED) is 0.758. The SMILES string of the molecule is [CH2]CCCN1CCN(C(=O)[C@@H](N)C2CC2)CC1. The summed E-state index contributed by atoms with van der Waals surface area (Å²) in [6, 6.07) is -0.235. The summed E-state index contributed by atoms with van der Waals surface area (Å²) in [5.74, 6) is 0.635. The second-order valence-corrected chi connectivity index (χ2v) is 5.24. The molecule has 2 fully saturated rings. The Bertz CT molecular complexity index is 257. The molecule has 1 amide bonds. The van der Waals surface area contributed by atoms with Crippen molar-refractivity contribution in [1.82, 2.24) is 9.80 Å². The molecule has 1 atom stereocenters. The monoisotopic (exact) mass is 238 g/mol. The molecule has 2 N–H and O–H groups in total. The van der Waals surface area contributed by atoms with Crippen LogP contribution in [0.4, 0.5) is 0 Å². The van der Waals surface area contributed by atoms with Gasteiger partial charge < -0.3 is 10.6 Å². The van der Waals surface area contributed by atoms with Gasteiger partial charge in [0.05, 0.1) is 6.04 Å². The lowest BCUT2D eigenvalue weighted by Crippen LogP contribution is -2.53. The number of carbonyl (C=O) groups is 1. The van der Waals surface area contributed by atoms with E-state index in [1.807, 2.05) is 4.90 Å². The van der Waals surface area contributed by atoms with Gasteiger partial charge in [-0.15, -0.1) is 0 Å². The van der Waals surface area contributed by atoms with E-state index < -0.39 is 0 Å². The molecule has 2 rings (SSSR count). The van der Waals surface area contributed by atoms with Gasteiger partial charge in [0.2, 0.25) is 5.91 Å². The van der Waals surface area contributed by atoms with Gasteiger partial charge in [-0.3, -0.25) is 9.69 Å². The van der Waals surface area contributed by atoms with Crippen LogP contribution in [0.1, 0.15) is 25.7 Å². The molecule has 1 radical (unpaired) electrons. The Labute approximate surface area is 104 Å². The molecule has 1 saturated carbocycles. The van der Waals surface area contributed by atoms with Gasteiger partial charge in [-0.2, -0.15) is 0 Å². The lowest BCUT2D eigenvalue weighted by Gasteiger charge is -2.35. The summed E-state index contributed by atoms with van der Waals surface area (Å²) in [5.41, 5.74) is 5.96. The Kier molecular flexibility index (Phi) is 4.40. The van der Waals surface area contributed by atoms with Crippen LogP contribution in [0.15, 0.2) is 0 Å². The third kappa shape index (κ3) is 3.42. The predicted molar refractivity (Wildman–Crippen MR) is 68.3 cm³/mol. The average molecular weight is 238 g/mol. The molecule has 0 bridgehead atoms. The van der Waals surface area contributed by atoms with Gasteiger partial charge in [0.25, 0.3) is 0 Å². The van der Waals surface area contributed by atoms with Crippen LogP contribution in [0.5, 0.6) is 0 Å². The molecule has 0 spiro atoms. The van der Waals surface area contributed by atoms with Crippen molar-refractivity contribution in [3.63, 3.8) is 0 Å². The van der Waals surface area contributed by atoms with Crippen molar-refractivity contribution in [2.75, 3.05) is 32.7 Å². The molecule has 1 heterocycles. The van der Waals surface area contributed by atoms with E-state index in [2.05, 4.69) is 11.8 Å². The van der Waals surface area contributed by atoms with E-state index in [1.165, 1.54) is 0 Å².